The SMILES string of the molecule is CCn1cc(C(N)=O)ccc1=O. The van der Waals surface area contributed by atoms with E-state index >= 15 is 0 Å². The number of carbonyl (C=O) groups excluding carboxylic acids is 1. The van der Waals surface area contributed by atoms with Gasteiger partial charge in [0.1, 0.15) is 0 Å². The highest BCUT2D eigenvalue weighted by molar-refractivity contribution is 5.92. The van der Waals surface area contributed by atoms with E-state index in [2.05, 4.69) is 0 Å². The van der Waals surface area contributed by atoms with Crippen LogP contribution in [0.5, 0.6) is 0 Å². The first-order valence-electron chi connectivity index (χ1n) is 3.65. The van der Waals surface area contributed by atoms with Crippen LogP contribution in [-0.2, 0) is 6.54 Å². The summed E-state index contributed by atoms with van der Waals surface area (Å²) in [5, 5.41) is 0. The van der Waals surface area contributed by atoms with Crippen molar-refractivity contribution in [2.24, 2.45) is 5.73 Å². The van der Waals surface area contributed by atoms with E-state index in [4.69, 9.17) is 5.73 Å². The molecule has 0 radical (unpaired) electrons. The maximum Gasteiger partial charge on any atom is 0.250 e. The molecular formula is C8H10N2O2. The Morgan fingerprint density at radius 2 is 2.25 bits per heavy atom. The van der Waals surface area contributed by atoms with E-state index in [0.717, 1.165) is 0 Å². The van der Waals surface area contributed by atoms with E-state index in [1.165, 1.54) is 22.9 Å². The van der Waals surface area contributed by atoms with Crippen LogP contribution < -0.4 is 11.3 Å². The molecule has 1 aromatic rings. The Hall–Kier alpha value is -1.58. The molecule has 0 saturated carbocycles. The third kappa shape index (κ3) is 1.53. The molecule has 0 aliphatic heterocycles. The molecule has 0 saturated heterocycles. The number of pyridine rings is 1. The van der Waals surface area contributed by atoms with Gasteiger partial charge in [-0.1, -0.05) is 0 Å². The van der Waals surface area contributed by atoms with Gasteiger partial charge in [0, 0.05) is 18.8 Å². The summed E-state index contributed by atoms with van der Waals surface area (Å²) in [6.07, 6.45) is 1.46. The lowest BCUT2D eigenvalue weighted by atomic mass is 10.3. The second kappa shape index (κ2) is 3.21. The first-order valence-corrected chi connectivity index (χ1v) is 3.65. The molecule has 0 aromatic carbocycles. The Morgan fingerprint density at radius 1 is 1.58 bits per heavy atom. The van der Waals surface area contributed by atoms with Crippen LogP contribution in [0.2, 0.25) is 0 Å². The molecule has 0 atom stereocenters. The van der Waals surface area contributed by atoms with Crippen molar-refractivity contribution in [1.29, 1.82) is 0 Å². The molecule has 4 nitrogen and oxygen atoms in total. The molecule has 0 spiro atoms. The fraction of sp³-hybridized carbons (Fsp3) is 0.250. The quantitative estimate of drug-likeness (QED) is 0.670. The molecule has 0 fully saturated rings. The number of amides is 1. The Balaban J connectivity index is 3.23. The lowest BCUT2D eigenvalue weighted by Gasteiger charge is -2.01. The smallest absolute Gasteiger partial charge is 0.250 e. The monoisotopic (exact) mass is 166 g/mol. The van der Waals surface area contributed by atoms with Gasteiger partial charge in [-0.05, 0) is 13.0 Å². The first-order chi connectivity index (χ1) is 5.65. The van der Waals surface area contributed by atoms with Gasteiger partial charge in [0.25, 0.3) is 5.56 Å². The van der Waals surface area contributed by atoms with Crippen LogP contribution in [0.15, 0.2) is 23.1 Å². The second-order valence-corrected chi connectivity index (χ2v) is 2.41. The van der Waals surface area contributed by atoms with E-state index in [1.54, 1.807) is 0 Å². The van der Waals surface area contributed by atoms with Crippen molar-refractivity contribution < 1.29 is 4.79 Å². The summed E-state index contributed by atoms with van der Waals surface area (Å²) in [4.78, 5) is 21.7. The number of hydrogen-bond donors (Lipinski definition) is 1. The normalized spacial score (nSPS) is 9.75. The summed E-state index contributed by atoms with van der Waals surface area (Å²) in [6.45, 7) is 2.37. The van der Waals surface area contributed by atoms with E-state index < -0.39 is 5.91 Å². The van der Waals surface area contributed by atoms with Gasteiger partial charge in [0.05, 0.1) is 5.56 Å². The third-order valence-electron chi connectivity index (χ3n) is 1.61. The summed E-state index contributed by atoms with van der Waals surface area (Å²) < 4.78 is 1.43. The topological polar surface area (TPSA) is 65.1 Å². The van der Waals surface area contributed by atoms with Crippen molar-refractivity contribution in [2.45, 2.75) is 13.5 Å². The zero-order valence-electron chi connectivity index (χ0n) is 6.78. The number of hydrogen-bond acceptors (Lipinski definition) is 2. The molecule has 64 valence electrons. The molecule has 0 unspecified atom stereocenters. The van der Waals surface area contributed by atoms with Gasteiger partial charge in [0.15, 0.2) is 0 Å². The van der Waals surface area contributed by atoms with Gasteiger partial charge in [-0.25, -0.2) is 0 Å². The number of nitrogens with zero attached hydrogens (tertiary/aromatic N) is 1. The Morgan fingerprint density at radius 3 is 2.75 bits per heavy atom. The van der Waals surface area contributed by atoms with E-state index in [1.807, 2.05) is 6.92 Å². The van der Waals surface area contributed by atoms with Crippen LogP contribution in [0.25, 0.3) is 0 Å². The molecule has 1 amide bonds. The Bertz CT molecular complexity index is 354. The van der Waals surface area contributed by atoms with Crippen LogP contribution in [0.1, 0.15) is 17.3 Å². The fourth-order valence-electron chi connectivity index (χ4n) is 0.924. The van der Waals surface area contributed by atoms with E-state index in [0.29, 0.717) is 12.1 Å². The number of carbonyl (C=O) groups is 1. The standard InChI is InChI=1S/C8H10N2O2/c1-2-10-5-6(8(9)12)3-4-7(10)11/h3-5H,2H2,1H3,(H2,9,12). The summed E-state index contributed by atoms with van der Waals surface area (Å²) in [5.41, 5.74) is 5.27. The number of rotatable bonds is 2. The highest BCUT2D eigenvalue weighted by Crippen LogP contribution is 1.93. The summed E-state index contributed by atoms with van der Waals surface area (Å²) in [7, 11) is 0. The van der Waals surface area contributed by atoms with Crippen molar-refractivity contribution in [1.82, 2.24) is 4.57 Å². The summed E-state index contributed by atoms with van der Waals surface area (Å²) >= 11 is 0. The molecule has 2 N–H and O–H groups in total. The van der Waals surface area contributed by atoms with Crippen molar-refractivity contribution >= 4 is 5.91 Å². The Labute approximate surface area is 69.6 Å². The number of primary amides is 1. The van der Waals surface area contributed by atoms with Crippen molar-refractivity contribution in [3.05, 3.63) is 34.2 Å². The summed E-state index contributed by atoms with van der Waals surface area (Å²) in [5.74, 6) is -0.516. The van der Waals surface area contributed by atoms with Crippen LogP contribution in [0.4, 0.5) is 0 Å². The molecule has 1 aromatic heterocycles. The Kier molecular flexibility index (Phi) is 2.28. The van der Waals surface area contributed by atoms with Gasteiger partial charge in [-0.3, -0.25) is 9.59 Å². The number of aromatic nitrogens is 1. The summed E-state index contributed by atoms with van der Waals surface area (Å²) in [6, 6.07) is 2.76. The molecule has 4 heteroatoms. The molecule has 0 bridgehead atoms. The lowest BCUT2D eigenvalue weighted by molar-refractivity contribution is 0.0999. The number of aryl methyl sites for hydroxylation is 1. The van der Waals surface area contributed by atoms with Crippen molar-refractivity contribution in [3.8, 4) is 0 Å². The average Bonchev–Trinajstić information content (AvgIpc) is 2.05. The predicted octanol–water partition coefficient (Wildman–Crippen LogP) is -0.0329. The minimum atomic E-state index is -0.516. The minimum absolute atomic E-state index is 0.123. The van der Waals surface area contributed by atoms with Crippen molar-refractivity contribution in [3.63, 3.8) is 0 Å². The van der Waals surface area contributed by atoms with E-state index in [9.17, 15) is 9.59 Å². The maximum absolute atomic E-state index is 11.0. The number of nitrogens with two attached hydrogens (primary N) is 1. The zero-order chi connectivity index (χ0) is 9.14. The van der Waals surface area contributed by atoms with Gasteiger partial charge in [-0.2, -0.15) is 0 Å². The predicted molar refractivity (Wildman–Crippen MR) is 44.9 cm³/mol. The van der Waals surface area contributed by atoms with Gasteiger partial charge in [0.2, 0.25) is 5.91 Å². The van der Waals surface area contributed by atoms with Crippen LogP contribution in [0.3, 0.4) is 0 Å². The zero-order valence-corrected chi connectivity index (χ0v) is 6.78. The maximum atomic E-state index is 11.0. The lowest BCUT2D eigenvalue weighted by Crippen LogP contribution is -2.21. The molecule has 12 heavy (non-hydrogen) atoms. The minimum Gasteiger partial charge on any atom is -0.366 e. The van der Waals surface area contributed by atoms with Crippen LogP contribution in [-0.4, -0.2) is 10.5 Å². The van der Waals surface area contributed by atoms with Crippen LogP contribution in [0, 0.1) is 0 Å². The first kappa shape index (κ1) is 8.52. The van der Waals surface area contributed by atoms with Crippen molar-refractivity contribution in [2.75, 3.05) is 0 Å². The van der Waals surface area contributed by atoms with E-state index in [-0.39, 0.29) is 5.56 Å². The molecule has 0 aliphatic rings. The molecule has 1 heterocycles. The fourth-order valence-corrected chi connectivity index (χ4v) is 0.924. The third-order valence-corrected chi connectivity index (χ3v) is 1.61. The largest absolute Gasteiger partial charge is 0.366 e. The van der Waals surface area contributed by atoms with Crippen LogP contribution >= 0.6 is 0 Å². The highest BCUT2D eigenvalue weighted by atomic mass is 16.1. The van der Waals surface area contributed by atoms with Gasteiger partial charge in [-0.15, -0.1) is 0 Å². The van der Waals surface area contributed by atoms with Gasteiger partial charge < -0.3 is 10.3 Å². The van der Waals surface area contributed by atoms with Gasteiger partial charge >= 0.3 is 0 Å². The average molecular weight is 166 g/mol. The molecule has 1 rings (SSSR count). The highest BCUT2D eigenvalue weighted by Gasteiger charge is 2.01. The molecular weight excluding hydrogens is 156 g/mol. The molecule has 0 aliphatic carbocycles. The second-order valence-electron chi connectivity index (χ2n) is 2.41.